The van der Waals surface area contributed by atoms with Crippen LogP contribution in [0, 0.1) is 0 Å². The molecule has 1 aliphatic carbocycles. The van der Waals surface area contributed by atoms with Gasteiger partial charge in [-0.05, 0) is 99.8 Å². The fourth-order valence-electron chi connectivity index (χ4n) is 11.2. The average molecular weight is 1240 g/mol. The second-order valence-corrected chi connectivity index (χ2v) is 24.1. The van der Waals surface area contributed by atoms with Gasteiger partial charge in [-0.1, -0.05) is 199 Å². The van der Waals surface area contributed by atoms with Gasteiger partial charge in [-0.25, -0.2) is 4.79 Å². The highest BCUT2D eigenvalue weighted by molar-refractivity contribution is 5.96. The van der Waals surface area contributed by atoms with Crippen molar-refractivity contribution in [3.05, 3.63) is 59.7 Å². The highest BCUT2D eigenvalue weighted by atomic mass is 16.5. The number of unbranched alkanes of at least 4 members (excludes halogenated alkanes) is 16. The molecule has 0 saturated carbocycles. The molecule has 19 heteroatoms. The fourth-order valence-corrected chi connectivity index (χ4v) is 11.2. The molecule has 0 spiro atoms. The van der Waals surface area contributed by atoms with Gasteiger partial charge in [-0.3, -0.25) is 38.4 Å². The summed E-state index contributed by atoms with van der Waals surface area (Å²) in [4.78, 5) is 121. The summed E-state index contributed by atoms with van der Waals surface area (Å²) in [5, 5.41) is 26.4. The summed E-state index contributed by atoms with van der Waals surface area (Å²) in [7, 11) is 0. The molecule has 0 saturated heterocycles. The summed E-state index contributed by atoms with van der Waals surface area (Å²) in [5.74, 6) is -2.55. The third-order valence-corrected chi connectivity index (χ3v) is 16.5. The molecular weight excluding hydrogens is 1130 g/mol. The molecule has 5 unspecified atom stereocenters. The van der Waals surface area contributed by atoms with Crippen LogP contribution in [0.5, 0.6) is 0 Å². The molecule has 0 aliphatic heterocycles. The van der Waals surface area contributed by atoms with Crippen molar-refractivity contribution in [1.82, 2.24) is 47.9 Å². The molecule has 0 heterocycles. The van der Waals surface area contributed by atoms with Crippen molar-refractivity contribution in [3.63, 3.8) is 0 Å². The van der Waals surface area contributed by atoms with Crippen LogP contribution in [0.25, 0.3) is 11.1 Å². The number of carbonyl (C=O) groups excluding carboxylic acids is 9. The van der Waals surface area contributed by atoms with Gasteiger partial charge >= 0.3 is 6.09 Å². The molecule has 500 valence electrons. The van der Waals surface area contributed by atoms with Crippen molar-refractivity contribution in [2.24, 2.45) is 0 Å². The lowest BCUT2D eigenvalue weighted by atomic mass is 9.98. The van der Waals surface area contributed by atoms with Gasteiger partial charge in [0.2, 0.25) is 47.3 Å². The number of alkyl carbamates (subject to hydrolysis) is 1. The summed E-state index contributed by atoms with van der Waals surface area (Å²) < 4.78 is 5.63. The monoisotopic (exact) mass is 1240 g/mol. The van der Waals surface area contributed by atoms with Gasteiger partial charge in [-0.2, -0.15) is 0 Å². The van der Waals surface area contributed by atoms with Crippen molar-refractivity contribution < 1.29 is 47.9 Å². The van der Waals surface area contributed by atoms with Crippen molar-refractivity contribution in [2.75, 3.05) is 32.8 Å². The second-order valence-electron chi connectivity index (χ2n) is 24.1. The van der Waals surface area contributed by atoms with Crippen LogP contribution < -0.4 is 47.9 Å². The van der Waals surface area contributed by atoms with E-state index in [4.69, 9.17) is 4.74 Å². The molecular formula is C70H115N9O10. The maximum Gasteiger partial charge on any atom is 0.407 e. The molecule has 5 atom stereocenters. The molecule has 1 aliphatic rings. The molecule has 89 heavy (non-hydrogen) atoms. The van der Waals surface area contributed by atoms with E-state index in [2.05, 4.69) is 92.9 Å². The Morgan fingerprint density at radius 2 is 0.685 bits per heavy atom. The number of hydrogen-bond acceptors (Lipinski definition) is 10. The summed E-state index contributed by atoms with van der Waals surface area (Å²) >= 11 is 0. The van der Waals surface area contributed by atoms with Gasteiger partial charge < -0.3 is 52.6 Å². The SMILES string of the molecule is CCCCCC(NC(=O)CCCCCNC(=O)CCCCCNC(=O)OCC1c2ccccc2-c2ccccc21)C(=O)NC(CCCCC)C(=O)NC(CCCCC)C(=O)NC(CCCCC)C(=O)NC(CCCCC)C(=O)NCCCCCC(=O)NCC. The van der Waals surface area contributed by atoms with Crippen molar-refractivity contribution in [2.45, 2.75) is 283 Å². The zero-order valence-corrected chi connectivity index (χ0v) is 55.3. The van der Waals surface area contributed by atoms with Crippen LogP contribution in [0.2, 0.25) is 0 Å². The summed E-state index contributed by atoms with van der Waals surface area (Å²) in [6.45, 7) is 14.3. The van der Waals surface area contributed by atoms with Crippen LogP contribution in [0.15, 0.2) is 48.5 Å². The van der Waals surface area contributed by atoms with E-state index in [0.717, 1.165) is 101 Å². The van der Waals surface area contributed by atoms with Gasteiger partial charge in [0.05, 0.1) is 0 Å². The molecule has 9 N–H and O–H groups in total. The molecule has 0 bridgehead atoms. The Labute approximate surface area is 533 Å². The van der Waals surface area contributed by atoms with E-state index in [9.17, 15) is 43.2 Å². The number of carbonyl (C=O) groups is 9. The van der Waals surface area contributed by atoms with Gasteiger partial charge in [0.1, 0.15) is 36.8 Å². The first-order valence-corrected chi connectivity index (χ1v) is 34.6. The normalized spacial score (nSPS) is 13.3. The maximum atomic E-state index is 14.4. The fraction of sp³-hybridized carbons (Fsp3) is 0.700. The molecule has 0 radical (unpaired) electrons. The first kappa shape index (κ1) is 76.7. The Balaban J connectivity index is 1.51. The largest absolute Gasteiger partial charge is 0.449 e. The van der Waals surface area contributed by atoms with Crippen LogP contribution in [0.4, 0.5) is 4.79 Å². The topological polar surface area (TPSA) is 271 Å². The lowest BCUT2D eigenvalue weighted by Crippen LogP contribution is -2.59. The van der Waals surface area contributed by atoms with Crippen molar-refractivity contribution >= 4 is 53.4 Å². The van der Waals surface area contributed by atoms with E-state index in [0.29, 0.717) is 135 Å². The van der Waals surface area contributed by atoms with Crippen LogP contribution >= 0.6 is 0 Å². The van der Waals surface area contributed by atoms with Crippen LogP contribution in [-0.4, -0.2) is 116 Å². The third-order valence-electron chi connectivity index (χ3n) is 16.5. The van der Waals surface area contributed by atoms with E-state index in [1.807, 2.05) is 45.0 Å². The Morgan fingerprint density at radius 3 is 1.08 bits per heavy atom. The first-order chi connectivity index (χ1) is 43.2. The van der Waals surface area contributed by atoms with E-state index in [1.165, 1.54) is 11.1 Å². The zero-order chi connectivity index (χ0) is 64.9. The maximum absolute atomic E-state index is 14.4. The lowest BCUT2D eigenvalue weighted by Gasteiger charge is -2.27. The number of hydrogen-bond donors (Lipinski definition) is 9. The Hall–Kier alpha value is -6.53. The van der Waals surface area contributed by atoms with E-state index in [-0.39, 0.29) is 42.6 Å². The third kappa shape index (κ3) is 31.7. The predicted octanol–water partition coefficient (Wildman–Crippen LogP) is 10.9. The van der Waals surface area contributed by atoms with Gasteiger partial charge in [0.15, 0.2) is 0 Å². The number of fused-ring (bicyclic) bond motifs is 3. The number of ether oxygens (including phenoxy) is 1. The second kappa shape index (κ2) is 47.4. The standard InChI is InChI=1S/C70H115N9O10/c1-7-13-21-40-57(65(83)73-49-34-18-26-45-62(80)71-12-6)76-67(85)59(42-23-15-9-3)78-69(87)61(44-25-17-11-5)79-68(86)60(43-24-16-10-4)77-66(84)58(41-22-14-8-2)75-64(82)47-28-20-33-48-72-63(81)46-27-19-35-50-74-70(88)89-51-56-54-38-31-29-36-52(54)53-37-30-32-39-55(53)56/h29-32,36-39,56-61H,7-28,33-35,40-51H2,1-6H3,(H,71,80)(H,72,81)(H,73,83)(H,74,88)(H,75,82)(H,76,85)(H,77,84)(H,78,87)(H,79,86). The van der Waals surface area contributed by atoms with Crippen LogP contribution in [-0.2, 0) is 43.1 Å². The summed E-state index contributed by atoms with van der Waals surface area (Å²) in [5.41, 5.74) is 4.67. The van der Waals surface area contributed by atoms with Crippen LogP contribution in [0.3, 0.4) is 0 Å². The van der Waals surface area contributed by atoms with Gasteiger partial charge in [0.25, 0.3) is 0 Å². The number of benzene rings is 2. The first-order valence-electron chi connectivity index (χ1n) is 34.6. The van der Waals surface area contributed by atoms with Gasteiger partial charge in [-0.15, -0.1) is 0 Å². The molecule has 0 fully saturated rings. The van der Waals surface area contributed by atoms with E-state index in [1.54, 1.807) is 0 Å². The molecule has 19 nitrogen and oxygen atoms in total. The molecule has 2 aromatic carbocycles. The predicted molar refractivity (Wildman–Crippen MR) is 354 cm³/mol. The minimum absolute atomic E-state index is 0.00315. The average Bonchev–Trinajstić information content (AvgIpc) is 2.25. The lowest BCUT2D eigenvalue weighted by molar-refractivity contribution is -0.135. The molecule has 2 aromatic rings. The van der Waals surface area contributed by atoms with Gasteiger partial charge in [0, 0.05) is 51.4 Å². The molecule has 0 aromatic heterocycles. The molecule has 3 rings (SSSR count). The van der Waals surface area contributed by atoms with Crippen LogP contribution in [0.1, 0.15) is 264 Å². The minimum atomic E-state index is -1.00. The summed E-state index contributed by atoms with van der Waals surface area (Å²) in [6.07, 6.45) is 20.7. The van der Waals surface area contributed by atoms with Crippen molar-refractivity contribution in [1.29, 1.82) is 0 Å². The summed E-state index contributed by atoms with van der Waals surface area (Å²) in [6, 6.07) is 11.8. The Bertz CT molecular complexity index is 2360. The highest BCUT2D eigenvalue weighted by Crippen LogP contribution is 2.44. The quantitative estimate of drug-likeness (QED) is 0.0283. The minimum Gasteiger partial charge on any atom is -0.449 e. The zero-order valence-electron chi connectivity index (χ0n) is 55.3. The van der Waals surface area contributed by atoms with Crippen molar-refractivity contribution in [3.8, 4) is 11.1 Å². The van der Waals surface area contributed by atoms with E-state index < -0.39 is 59.9 Å². The number of amides is 9. The Kier molecular flexibility index (Phi) is 40.9. The Morgan fingerprint density at radius 1 is 0.348 bits per heavy atom. The smallest absolute Gasteiger partial charge is 0.407 e. The number of nitrogens with one attached hydrogen (secondary N) is 9. The highest BCUT2D eigenvalue weighted by Gasteiger charge is 2.33. The molecule has 9 amide bonds. The van der Waals surface area contributed by atoms with E-state index >= 15 is 0 Å². The number of rotatable bonds is 51.